The highest BCUT2D eigenvalue weighted by molar-refractivity contribution is 14.0. The first-order valence-corrected chi connectivity index (χ1v) is 10.0. The molecule has 0 unspecified atom stereocenters. The van der Waals surface area contributed by atoms with Crippen LogP contribution in [0, 0.1) is 5.92 Å². The lowest BCUT2D eigenvalue weighted by Gasteiger charge is -2.21. The molecular weight excluding hydrogens is 502 g/mol. The fraction of sp³-hybridized carbons (Fsp3) is 0.722. The lowest BCUT2D eigenvalue weighted by Crippen LogP contribution is -2.38. The second kappa shape index (κ2) is 13.9. The summed E-state index contributed by atoms with van der Waals surface area (Å²) in [5.74, 6) is 1.44. The first-order chi connectivity index (χ1) is 12.6. The molecule has 1 saturated heterocycles. The van der Waals surface area contributed by atoms with Crippen LogP contribution >= 0.6 is 47.2 Å². The van der Waals surface area contributed by atoms with Crippen LogP contribution in [0.3, 0.4) is 0 Å². The smallest absolute Gasteiger partial charge is 0.191 e. The van der Waals surface area contributed by atoms with Crippen LogP contribution in [0.4, 0.5) is 0 Å². The Morgan fingerprint density at radius 2 is 2.07 bits per heavy atom. The van der Waals surface area contributed by atoms with Gasteiger partial charge < -0.3 is 24.7 Å². The zero-order valence-corrected chi connectivity index (χ0v) is 19.9. The quantitative estimate of drug-likeness (QED) is 0.219. The monoisotopic (exact) mass is 532 g/mol. The number of ether oxygens (including phenoxy) is 2. The summed E-state index contributed by atoms with van der Waals surface area (Å²) in [5, 5.41) is 7.67. The number of aliphatic imine (C=N–C) groups is 1. The molecule has 2 heterocycles. The van der Waals surface area contributed by atoms with E-state index in [0.717, 1.165) is 70.4 Å². The van der Waals surface area contributed by atoms with Gasteiger partial charge in [0.05, 0.1) is 11.6 Å². The van der Waals surface area contributed by atoms with Crippen molar-refractivity contribution in [1.82, 2.24) is 15.2 Å². The number of aromatic nitrogens is 1. The van der Waals surface area contributed by atoms with Crippen molar-refractivity contribution in [3.05, 3.63) is 21.9 Å². The molecule has 1 aliphatic rings. The van der Waals surface area contributed by atoms with Crippen LogP contribution < -0.4 is 10.6 Å². The van der Waals surface area contributed by atoms with Gasteiger partial charge in [0.1, 0.15) is 5.15 Å². The fourth-order valence-electron chi connectivity index (χ4n) is 2.79. The SMILES string of the molecule is CCNC(=NCc1cc(Cl)c(Cl)n1C)NCCCOCC1CCOCC1.I. The summed E-state index contributed by atoms with van der Waals surface area (Å²) in [5.41, 5.74) is 0.969. The molecule has 1 aliphatic heterocycles. The highest BCUT2D eigenvalue weighted by Crippen LogP contribution is 2.25. The normalized spacial score (nSPS) is 15.5. The van der Waals surface area contributed by atoms with Gasteiger partial charge in [-0.05, 0) is 38.2 Å². The summed E-state index contributed by atoms with van der Waals surface area (Å²) in [4.78, 5) is 4.59. The van der Waals surface area contributed by atoms with Gasteiger partial charge in [0.2, 0.25) is 0 Å². The minimum Gasteiger partial charge on any atom is -0.381 e. The molecule has 0 atom stereocenters. The van der Waals surface area contributed by atoms with Crippen molar-refractivity contribution in [2.75, 3.05) is 39.5 Å². The number of rotatable bonds is 9. The summed E-state index contributed by atoms with van der Waals surface area (Å²) in [7, 11) is 1.88. The maximum atomic E-state index is 6.09. The molecule has 9 heteroatoms. The molecule has 2 rings (SSSR count). The van der Waals surface area contributed by atoms with Crippen molar-refractivity contribution in [1.29, 1.82) is 0 Å². The van der Waals surface area contributed by atoms with E-state index in [4.69, 9.17) is 32.7 Å². The third-order valence-corrected chi connectivity index (χ3v) is 5.25. The lowest BCUT2D eigenvalue weighted by atomic mass is 10.0. The van der Waals surface area contributed by atoms with Gasteiger partial charge in [-0.15, -0.1) is 24.0 Å². The van der Waals surface area contributed by atoms with E-state index >= 15 is 0 Å². The zero-order valence-electron chi connectivity index (χ0n) is 16.1. The summed E-state index contributed by atoms with van der Waals surface area (Å²) in [6, 6.07) is 1.85. The van der Waals surface area contributed by atoms with Crippen molar-refractivity contribution < 1.29 is 9.47 Å². The minimum absolute atomic E-state index is 0. The van der Waals surface area contributed by atoms with Crippen LogP contribution in [0.15, 0.2) is 11.1 Å². The first-order valence-electron chi connectivity index (χ1n) is 9.29. The fourth-order valence-corrected chi connectivity index (χ4v) is 3.20. The van der Waals surface area contributed by atoms with Crippen molar-refractivity contribution in [2.24, 2.45) is 18.0 Å². The van der Waals surface area contributed by atoms with Gasteiger partial charge >= 0.3 is 0 Å². The van der Waals surface area contributed by atoms with E-state index in [1.54, 1.807) is 0 Å². The molecule has 6 nitrogen and oxygen atoms in total. The summed E-state index contributed by atoms with van der Waals surface area (Å²) < 4.78 is 13.0. The Balaban J connectivity index is 0.00000364. The average Bonchev–Trinajstić information content (AvgIpc) is 2.90. The molecule has 0 amide bonds. The van der Waals surface area contributed by atoms with E-state index in [1.807, 2.05) is 24.6 Å². The van der Waals surface area contributed by atoms with Crippen molar-refractivity contribution in [3.63, 3.8) is 0 Å². The van der Waals surface area contributed by atoms with E-state index < -0.39 is 0 Å². The Morgan fingerprint density at radius 1 is 1.33 bits per heavy atom. The lowest BCUT2D eigenvalue weighted by molar-refractivity contribution is 0.0203. The molecule has 156 valence electrons. The number of guanidine groups is 1. The van der Waals surface area contributed by atoms with Gasteiger partial charge in [-0.2, -0.15) is 0 Å². The van der Waals surface area contributed by atoms with Crippen molar-refractivity contribution >= 4 is 53.1 Å². The summed E-state index contributed by atoms with van der Waals surface area (Å²) in [6.07, 6.45) is 3.17. The molecule has 0 aliphatic carbocycles. The summed E-state index contributed by atoms with van der Waals surface area (Å²) >= 11 is 12.1. The van der Waals surface area contributed by atoms with Crippen molar-refractivity contribution in [2.45, 2.75) is 32.7 Å². The van der Waals surface area contributed by atoms with E-state index in [0.29, 0.717) is 22.6 Å². The van der Waals surface area contributed by atoms with E-state index in [-0.39, 0.29) is 24.0 Å². The first kappa shape index (κ1) is 24.8. The Bertz CT molecular complexity index is 578. The highest BCUT2D eigenvalue weighted by atomic mass is 127. The van der Waals surface area contributed by atoms with E-state index in [1.165, 1.54) is 0 Å². The van der Waals surface area contributed by atoms with Gasteiger partial charge in [-0.1, -0.05) is 23.2 Å². The van der Waals surface area contributed by atoms with Gasteiger partial charge in [-0.3, -0.25) is 0 Å². The van der Waals surface area contributed by atoms with E-state index in [2.05, 4.69) is 15.6 Å². The predicted molar refractivity (Wildman–Crippen MR) is 123 cm³/mol. The van der Waals surface area contributed by atoms with Crippen LogP contribution in [-0.4, -0.2) is 50.0 Å². The third-order valence-electron chi connectivity index (χ3n) is 4.41. The maximum absolute atomic E-state index is 6.09. The number of nitrogens with zero attached hydrogens (tertiary/aromatic N) is 2. The average molecular weight is 533 g/mol. The number of halogens is 3. The molecule has 0 aromatic carbocycles. The Labute approximate surface area is 189 Å². The van der Waals surface area contributed by atoms with Gasteiger partial charge in [0.25, 0.3) is 0 Å². The van der Waals surface area contributed by atoms with Crippen LogP contribution in [0.5, 0.6) is 0 Å². The maximum Gasteiger partial charge on any atom is 0.191 e. The second-order valence-electron chi connectivity index (χ2n) is 6.44. The molecule has 1 aromatic heterocycles. The summed E-state index contributed by atoms with van der Waals surface area (Å²) in [6.45, 7) is 7.52. The van der Waals surface area contributed by atoms with Gasteiger partial charge in [-0.25, -0.2) is 4.99 Å². The molecular formula is C18H31Cl2IN4O2. The van der Waals surface area contributed by atoms with Crippen molar-refractivity contribution in [3.8, 4) is 0 Å². The van der Waals surface area contributed by atoms with Crippen LogP contribution in [0.1, 0.15) is 31.9 Å². The number of hydrogen-bond acceptors (Lipinski definition) is 3. The van der Waals surface area contributed by atoms with Gasteiger partial charge in [0, 0.05) is 52.3 Å². The molecule has 0 bridgehead atoms. The molecule has 0 radical (unpaired) electrons. The molecule has 27 heavy (non-hydrogen) atoms. The largest absolute Gasteiger partial charge is 0.381 e. The topological polar surface area (TPSA) is 59.8 Å². The highest BCUT2D eigenvalue weighted by Gasteiger charge is 2.13. The third kappa shape index (κ3) is 8.77. The molecule has 0 spiro atoms. The van der Waals surface area contributed by atoms with E-state index in [9.17, 15) is 0 Å². The molecule has 0 saturated carbocycles. The second-order valence-corrected chi connectivity index (χ2v) is 7.20. The van der Waals surface area contributed by atoms with Crippen LogP contribution in [-0.2, 0) is 23.1 Å². The predicted octanol–water partition coefficient (Wildman–Crippen LogP) is 3.84. The Hall–Kier alpha value is -0.220. The Morgan fingerprint density at radius 3 is 2.70 bits per heavy atom. The molecule has 1 aromatic rings. The standard InChI is InChI=1S/C18H30Cl2N4O2.HI/c1-3-21-18(23-12-15-11-16(19)17(20)24(15)2)22-7-4-8-26-13-14-5-9-25-10-6-14;/h11,14H,3-10,12-13H2,1-2H3,(H2,21,22,23);1H. The van der Waals surface area contributed by atoms with Gasteiger partial charge in [0.15, 0.2) is 5.96 Å². The Kier molecular flexibility index (Phi) is 12.8. The number of nitrogens with one attached hydrogen (secondary N) is 2. The number of hydrogen-bond donors (Lipinski definition) is 2. The van der Waals surface area contributed by atoms with Crippen LogP contribution in [0.2, 0.25) is 10.2 Å². The zero-order chi connectivity index (χ0) is 18.8. The minimum atomic E-state index is 0. The molecule has 2 N–H and O–H groups in total. The molecule has 1 fully saturated rings. The van der Waals surface area contributed by atoms with Crippen LogP contribution in [0.25, 0.3) is 0 Å².